The molecule has 0 radical (unpaired) electrons. The van der Waals surface area contributed by atoms with Crippen LogP contribution in [0.2, 0.25) is 17.1 Å². The van der Waals surface area contributed by atoms with Crippen molar-refractivity contribution in [3.8, 4) is 5.75 Å². The number of aliphatic hydroxyl groups is 1. The molecule has 1 aromatic carbocycles. The minimum absolute atomic E-state index is 0.168. The van der Waals surface area contributed by atoms with Gasteiger partial charge in [-0.3, -0.25) is 10.0 Å². The molecule has 0 fully saturated rings. The largest absolute Gasteiger partial charge is 0.491 e. The molecule has 0 heterocycles. The molecule has 0 aliphatic heterocycles. The smallest absolute Gasteiger partial charge is 0.460 e. The number of allylic oxidation sites excluding steroid dienone is 1. The van der Waals surface area contributed by atoms with Crippen LogP contribution in [0.15, 0.2) is 36.4 Å². The van der Waals surface area contributed by atoms with Gasteiger partial charge in [-0.15, -0.1) is 0 Å². The van der Waals surface area contributed by atoms with E-state index >= 15 is 0 Å². The number of hydroxylamine groups is 1. The van der Waals surface area contributed by atoms with Crippen LogP contribution in [-0.4, -0.2) is 85.4 Å². The Bertz CT molecular complexity index is 1450. The number of benzene rings is 1. The van der Waals surface area contributed by atoms with Gasteiger partial charge in [0.15, 0.2) is 8.32 Å². The first kappa shape index (κ1) is 51.2. The van der Waals surface area contributed by atoms with Crippen LogP contribution in [0, 0.1) is 5.92 Å². The lowest BCUT2D eigenvalue weighted by Gasteiger charge is -2.44. The van der Waals surface area contributed by atoms with Crippen LogP contribution in [-0.2, 0) is 9.22 Å². The zero-order valence-corrected chi connectivity index (χ0v) is 31.1. The minimum Gasteiger partial charge on any atom is -0.491 e. The summed E-state index contributed by atoms with van der Waals surface area (Å²) in [5.74, 6) is -57.6. The molecule has 6 nitrogen and oxygen atoms in total. The highest BCUT2D eigenvalue weighted by Crippen LogP contribution is 2.64. The third-order valence-corrected chi connectivity index (χ3v) is 14.9. The molecule has 1 amide bonds. The summed E-state index contributed by atoms with van der Waals surface area (Å²) in [4.78, 5) is 11.0. The summed E-state index contributed by atoms with van der Waals surface area (Å²) in [5.41, 5.74) is 0.151. The predicted octanol–water partition coefficient (Wildman–Crippen LogP) is 10.8. The van der Waals surface area contributed by atoms with Crippen molar-refractivity contribution in [1.82, 2.24) is 5.48 Å². The number of carbonyl (C=O) groups is 1. The van der Waals surface area contributed by atoms with Gasteiger partial charge in [0.25, 0.3) is 5.91 Å². The molecule has 0 unspecified atom stereocenters. The monoisotopic (exact) mass is 869 g/mol. The summed E-state index contributed by atoms with van der Waals surface area (Å²) < 4.78 is 245. The molecule has 0 aromatic heterocycles. The number of rotatable bonds is 22. The van der Waals surface area contributed by atoms with E-state index in [9.17, 15) is 84.5 Å². The van der Waals surface area contributed by atoms with Crippen molar-refractivity contribution < 1.29 is 98.9 Å². The average Bonchev–Trinajstić information content (AvgIpc) is 3.08. The fraction of sp³-hybridized carbons (Fsp3) is 0.719. The van der Waals surface area contributed by atoms with Gasteiger partial charge in [-0.25, -0.2) is 5.48 Å². The normalized spacial score (nSPS) is 15.8. The van der Waals surface area contributed by atoms with E-state index < -0.39 is 98.1 Å². The van der Waals surface area contributed by atoms with Crippen LogP contribution in [0.25, 0.3) is 0 Å². The molecular weight excluding hydrogens is 829 g/mol. The molecule has 0 bridgehead atoms. The molecule has 0 saturated carbocycles. The van der Waals surface area contributed by atoms with Crippen LogP contribution < -0.4 is 10.2 Å². The topological polar surface area (TPSA) is 88.0 Å². The first-order valence-electron chi connectivity index (χ1n) is 16.4. The van der Waals surface area contributed by atoms with Crippen molar-refractivity contribution in [2.75, 3.05) is 13.2 Å². The molecule has 24 heteroatoms. The number of ether oxygens (including phenoxy) is 1. The number of aliphatic hydroxyl groups excluding tert-OH is 1. The average molecular weight is 870 g/mol. The van der Waals surface area contributed by atoms with Gasteiger partial charge >= 0.3 is 47.6 Å². The lowest BCUT2D eigenvalue weighted by molar-refractivity contribution is -0.461. The van der Waals surface area contributed by atoms with Crippen molar-refractivity contribution in [3.05, 3.63) is 42.0 Å². The summed E-state index contributed by atoms with van der Waals surface area (Å²) in [6.07, 6.45) is -7.95. The van der Waals surface area contributed by atoms with E-state index in [1.165, 1.54) is 63.5 Å². The summed E-state index contributed by atoms with van der Waals surface area (Å²) in [6.45, 7) is 6.15. The third-order valence-electron chi connectivity index (χ3n) is 9.22. The fourth-order valence-corrected chi connectivity index (χ4v) is 10.0. The Balaban J connectivity index is 3.16. The van der Waals surface area contributed by atoms with Gasteiger partial charge in [-0.1, -0.05) is 52.8 Å². The molecule has 0 aliphatic carbocycles. The van der Waals surface area contributed by atoms with E-state index in [0.29, 0.717) is 18.4 Å². The first-order valence-corrected chi connectivity index (χ1v) is 18.7. The van der Waals surface area contributed by atoms with Gasteiger partial charge in [-0.2, -0.15) is 74.6 Å². The first-order chi connectivity index (χ1) is 25.1. The highest BCUT2D eigenvalue weighted by molar-refractivity contribution is 6.76. The van der Waals surface area contributed by atoms with E-state index in [2.05, 4.69) is 0 Å². The molecule has 2 atom stereocenters. The highest BCUT2D eigenvalue weighted by Gasteiger charge is 2.95. The Morgan fingerprint density at radius 3 is 1.59 bits per heavy atom. The van der Waals surface area contributed by atoms with Crippen LogP contribution >= 0.6 is 0 Å². The van der Waals surface area contributed by atoms with E-state index in [1.807, 2.05) is 0 Å². The van der Waals surface area contributed by atoms with Crippen LogP contribution in [0.1, 0.15) is 65.5 Å². The summed E-state index contributed by atoms with van der Waals surface area (Å²) in [5, 5.41) is 19.1. The second-order valence-electron chi connectivity index (χ2n) is 13.6. The summed E-state index contributed by atoms with van der Waals surface area (Å²) in [7, 11) is -3.94. The lowest BCUT2D eigenvalue weighted by atomic mass is 9.88. The maximum atomic E-state index is 14.8. The van der Waals surface area contributed by atoms with E-state index in [4.69, 9.17) is 14.4 Å². The number of alkyl halides is 17. The van der Waals surface area contributed by atoms with Gasteiger partial charge < -0.3 is 14.3 Å². The quantitative estimate of drug-likeness (QED) is 0.0270. The third kappa shape index (κ3) is 9.87. The molecular formula is C32H40F17NO5Si. The van der Waals surface area contributed by atoms with Gasteiger partial charge in [-0.05, 0) is 53.6 Å². The van der Waals surface area contributed by atoms with E-state index in [0.717, 1.165) is 6.08 Å². The van der Waals surface area contributed by atoms with Crippen molar-refractivity contribution in [2.45, 2.75) is 125 Å². The molecule has 1 rings (SSSR count). The molecule has 0 saturated heterocycles. The van der Waals surface area contributed by atoms with Gasteiger partial charge in [0.1, 0.15) is 12.4 Å². The summed E-state index contributed by atoms with van der Waals surface area (Å²) >= 11 is 0. The zero-order valence-electron chi connectivity index (χ0n) is 30.1. The Kier molecular flexibility index (Phi) is 16.4. The van der Waals surface area contributed by atoms with Crippen LogP contribution in [0.3, 0.4) is 0 Å². The molecule has 0 aliphatic rings. The van der Waals surface area contributed by atoms with Crippen molar-refractivity contribution >= 4 is 14.2 Å². The van der Waals surface area contributed by atoms with E-state index in [-0.39, 0.29) is 18.3 Å². The Hall–Kier alpha value is -2.86. The molecule has 1 aromatic rings. The highest BCUT2D eigenvalue weighted by atomic mass is 28.4. The zero-order chi connectivity index (χ0) is 44.1. The lowest BCUT2D eigenvalue weighted by Crippen LogP contribution is -2.74. The Morgan fingerprint density at radius 1 is 0.714 bits per heavy atom. The minimum atomic E-state index is -8.68. The maximum absolute atomic E-state index is 14.8. The van der Waals surface area contributed by atoms with E-state index in [1.54, 1.807) is 6.92 Å². The second kappa shape index (κ2) is 18.0. The number of hydrogen-bond donors (Lipinski definition) is 3. The number of halogens is 17. The van der Waals surface area contributed by atoms with Crippen LogP contribution in [0.5, 0.6) is 5.75 Å². The second-order valence-corrected chi connectivity index (χ2v) is 18.6. The fourth-order valence-electron chi connectivity index (χ4n) is 5.58. The van der Waals surface area contributed by atoms with Crippen molar-refractivity contribution in [3.63, 3.8) is 0 Å². The number of hydrogen-bond acceptors (Lipinski definition) is 5. The van der Waals surface area contributed by atoms with Crippen molar-refractivity contribution in [2.24, 2.45) is 5.92 Å². The van der Waals surface area contributed by atoms with Gasteiger partial charge in [0.2, 0.25) is 0 Å². The number of amides is 1. The van der Waals surface area contributed by atoms with Gasteiger partial charge in [0.05, 0.1) is 12.7 Å². The van der Waals surface area contributed by atoms with Crippen molar-refractivity contribution in [1.29, 1.82) is 0 Å². The van der Waals surface area contributed by atoms with Gasteiger partial charge in [0, 0.05) is 12.5 Å². The maximum Gasteiger partial charge on any atom is 0.460 e. The molecule has 3 N–H and O–H groups in total. The SMILES string of the molecule is CC(C)[Si](CCC(F)(F)C(F)(F)C(F)(F)C(F)(F)C(F)(F)C(F)(F)C(F)(F)C(F)(F)F)(OCCOc1ccc([C@@H](O)[C@H](C)CC/C=C/C(=O)NO)cc1)C(C)C. The number of nitrogens with one attached hydrogen (secondary N) is 1. The standard InChI is InChI=1S/C32H40F17NO5Si/c1-18(2)56(19(3)4,55-16-15-54-22-12-10-21(11-13-22)24(52)20(5)8-6-7-9-23(51)50-53)17-14-25(33,34)26(35,36)27(37,38)28(39,40)29(41,42)30(43,44)31(45,46)32(47,48)49/h7,9-13,18-20,24,52-53H,6,8,14-17H2,1-5H3,(H,50,51)/b9-7+/t20-,24+/m1/s1. The Morgan fingerprint density at radius 2 is 1.16 bits per heavy atom. The predicted molar refractivity (Wildman–Crippen MR) is 166 cm³/mol. The molecule has 326 valence electrons. The number of carbonyl (C=O) groups excluding carboxylic acids is 1. The van der Waals surface area contributed by atoms with Crippen LogP contribution in [0.4, 0.5) is 74.6 Å². The molecule has 56 heavy (non-hydrogen) atoms. The summed E-state index contributed by atoms with van der Waals surface area (Å²) in [6, 6.07) is 4.48. The molecule has 0 spiro atoms. The Labute approximate surface area is 310 Å².